The molecule has 2 heterocycles. The van der Waals surface area contributed by atoms with Crippen molar-refractivity contribution >= 4 is 17.7 Å². The Morgan fingerprint density at radius 2 is 2.00 bits per heavy atom. The van der Waals surface area contributed by atoms with Gasteiger partial charge >= 0.3 is 0 Å². The molecule has 0 unspecified atom stereocenters. The van der Waals surface area contributed by atoms with Gasteiger partial charge in [0.05, 0.1) is 10.5 Å². The van der Waals surface area contributed by atoms with E-state index in [1.54, 1.807) is 30.3 Å². The maximum atomic E-state index is 12.3. The van der Waals surface area contributed by atoms with Crippen molar-refractivity contribution in [3.05, 3.63) is 57.8 Å². The summed E-state index contributed by atoms with van der Waals surface area (Å²) in [5, 5.41) is 23.3. The van der Waals surface area contributed by atoms with Crippen LogP contribution in [0.4, 0.5) is 5.69 Å². The highest BCUT2D eigenvalue weighted by Gasteiger charge is 2.18. The molecule has 1 aromatic heterocycles. The van der Waals surface area contributed by atoms with Crippen LogP contribution in [0, 0.1) is 21.4 Å². The van der Waals surface area contributed by atoms with Gasteiger partial charge in [-0.15, -0.1) is 0 Å². The third kappa shape index (κ3) is 5.30. The lowest BCUT2D eigenvalue weighted by Crippen LogP contribution is -2.37. The second-order valence-electron chi connectivity index (χ2n) is 6.80. The summed E-state index contributed by atoms with van der Waals surface area (Å²) in [7, 11) is 0. The molecule has 1 saturated heterocycles. The zero-order valence-corrected chi connectivity index (χ0v) is 16.0. The fourth-order valence-electron chi connectivity index (χ4n) is 3.31. The lowest BCUT2D eigenvalue weighted by molar-refractivity contribution is -0.384. The van der Waals surface area contributed by atoms with Crippen molar-refractivity contribution in [3.8, 4) is 17.4 Å². The molecular formula is C21H22N4O4. The molecular weight excluding hydrogens is 372 g/mol. The van der Waals surface area contributed by atoms with Gasteiger partial charge in [0.1, 0.15) is 23.2 Å². The Hall–Kier alpha value is -3.44. The number of carbonyl (C=O) groups is 1. The number of piperidine rings is 1. The number of amides is 1. The van der Waals surface area contributed by atoms with Crippen molar-refractivity contribution in [2.24, 2.45) is 0 Å². The Bertz CT molecular complexity index is 952. The number of nitro groups is 1. The number of likely N-dealkylation sites (tertiary alicyclic amines) is 1. The molecule has 3 rings (SSSR count). The van der Waals surface area contributed by atoms with E-state index in [4.69, 9.17) is 4.42 Å². The summed E-state index contributed by atoms with van der Waals surface area (Å²) in [6, 6.07) is 11.3. The highest BCUT2D eigenvalue weighted by molar-refractivity contribution is 6.01. The lowest BCUT2D eigenvalue weighted by Gasteiger charge is -2.26. The average Bonchev–Trinajstić information content (AvgIpc) is 3.21. The standard InChI is InChI=1S/C21H22N4O4/c22-15-16(21(26)23-10-13-24-11-4-1-5-12-24)14-17-8-9-20(29-17)18-6-2-3-7-19(18)25(27)28/h2-3,6-9,14H,1,4-5,10-13H2,(H,23,26). The molecule has 29 heavy (non-hydrogen) atoms. The van der Waals surface area contributed by atoms with E-state index in [1.807, 2.05) is 6.07 Å². The third-order valence-corrected chi connectivity index (χ3v) is 4.81. The molecule has 1 aliphatic heterocycles. The number of nitriles is 1. The molecule has 0 spiro atoms. The van der Waals surface area contributed by atoms with Gasteiger partial charge < -0.3 is 14.6 Å². The van der Waals surface area contributed by atoms with Gasteiger partial charge in [0.2, 0.25) is 0 Å². The fourth-order valence-corrected chi connectivity index (χ4v) is 3.31. The minimum atomic E-state index is -0.482. The Balaban J connectivity index is 1.66. The smallest absolute Gasteiger partial charge is 0.280 e. The molecule has 8 nitrogen and oxygen atoms in total. The number of para-hydroxylation sites is 1. The number of nitrogens with zero attached hydrogens (tertiary/aromatic N) is 3. The lowest BCUT2D eigenvalue weighted by atomic mass is 10.1. The average molecular weight is 394 g/mol. The molecule has 1 amide bonds. The van der Waals surface area contributed by atoms with E-state index >= 15 is 0 Å². The number of carbonyl (C=O) groups excluding carboxylic acids is 1. The van der Waals surface area contributed by atoms with Crippen molar-refractivity contribution in [3.63, 3.8) is 0 Å². The molecule has 8 heteroatoms. The maximum Gasteiger partial charge on any atom is 0.280 e. The highest BCUT2D eigenvalue weighted by atomic mass is 16.6. The zero-order valence-electron chi connectivity index (χ0n) is 16.0. The van der Waals surface area contributed by atoms with Crippen molar-refractivity contribution in [1.82, 2.24) is 10.2 Å². The second kappa shape index (κ2) is 9.66. The van der Waals surface area contributed by atoms with Gasteiger partial charge in [-0.05, 0) is 44.1 Å². The van der Waals surface area contributed by atoms with Crippen LogP contribution in [0.25, 0.3) is 17.4 Å². The van der Waals surface area contributed by atoms with E-state index in [1.165, 1.54) is 31.4 Å². The van der Waals surface area contributed by atoms with Crippen LogP contribution in [0.3, 0.4) is 0 Å². The van der Waals surface area contributed by atoms with Gasteiger partial charge in [-0.1, -0.05) is 18.6 Å². The first kappa shape index (κ1) is 20.3. The Morgan fingerprint density at radius 3 is 2.72 bits per heavy atom. The van der Waals surface area contributed by atoms with Crippen molar-refractivity contribution in [2.45, 2.75) is 19.3 Å². The van der Waals surface area contributed by atoms with Gasteiger partial charge in [0.15, 0.2) is 0 Å². The van der Waals surface area contributed by atoms with Crippen LogP contribution >= 0.6 is 0 Å². The molecule has 0 aliphatic carbocycles. The van der Waals surface area contributed by atoms with Crippen LogP contribution < -0.4 is 5.32 Å². The topological polar surface area (TPSA) is 112 Å². The van der Waals surface area contributed by atoms with E-state index in [0.29, 0.717) is 17.9 Å². The number of hydrogen-bond donors (Lipinski definition) is 1. The number of hydrogen-bond acceptors (Lipinski definition) is 6. The molecule has 0 radical (unpaired) electrons. The van der Waals surface area contributed by atoms with Crippen LogP contribution in [0.15, 0.2) is 46.4 Å². The largest absolute Gasteiger partial charge is 0.456 e. The van der Waals surface area contributed by atoms with Gasteiger partial charge in [-0.25, -0.2) is 0 Å². The Morgan fingerprint density at radius 1 is 1.24 bits per heavy atom. The molecule has 1 fully saturated rings. The molecule has 0 saturated carbocycles. The fraction of sp³-hybridized carbons (Fsp3) is 0.333. The monoisotopic (exact) mass is 394 g/mol. The number of nitrogens with one attached hydrogen (secondary N) is 1. The number of benzene rings is 1. The quantitative estimate of drug-likeness (QED) is 0.333. The molecule has 2 aromatic rings. The first-order valence-electron chi connectivity index (χ1n) is 9.54. The minimum Gasteiger partial charge on any atom is -0.456 e. The number of furan rings is 1. The summed E-state index contributed by atoms with van der Waals surface area (Å²) in [5.41, 5.74) is 0.182. The van der Waals surface area contributed by atoms with Crippen LogP contribution in [-0.2, 0) is 4.79 Å². The summed E-state index contributed by atoms with van der Waals surface area (Å²) >= 11 is 0. The summed E-state index contributed by atoms with van der Waals surface area (Å²) in [4.78, 5) is 25.3. The van der Waals surface area contributed by atoms with Crippen molar-refractivity contribution in [1.29, 1.82) is 5.26 Å². The summed E-state index contributed by atoms with van der Waals surface area (Å²) < 4.78 is 5.62. The van der Waals surface area contributed by atoms with Crippen LogP contribution in [0.2, 0.25) is 0 Å². The SMILES string of the molecule is N#CC(=Cc1ccc(-c2ccccc2[N+](=O)[O-])o1)C(=O)NCCN1CCCCC1. The molecule has 1 aliphatic rings. The van der Waals surface area contributed by atoms with E-state index < -0.39 is 10.8 Å². The zero-order chi connectivity index (χ0) is 20.6. The van der Waals surface area contributed by atoms with E-state index in [9.17, 15) is 20.2 Å². The Kier molecular flexibility index (Phi) is 6.76. The van der Waals surface area contributed by atoms with Gasteiger partial charge in [0, 0.05) is 25.2 Å². The van der Waals surface area contributed by atoms with Crippen molar-refractivity contribution in [2.75, 3.05) is 26.2 Å². The van der Waals surface area contributed by atoms with Gasteiger partial charge in [-0.3, -0.25) is 14.9 Å². The highest BCUT2D eigenvalue weighted by Crippen LogP contribution is 2.31. The summed E-state index contributed by atoms with van der Waals surface area (Å²) in [6.45, 7) is 3.31. The summed E-state index contributed by atoms with van der Waals surface area (Å²) in [6.07, 6.45) is 4.95. The van der Waals surface area contributed by atoms with Crippen molar-refractivity contribution < 1.29 is 14.1 Å². The molecule has 0 atom stereocenters. The molecule has 1 N–H and O–H groups in total. The van der Waals surface area contributed by atoms with Crippen LogP contribution in [-0.4, -0.2) is 41.9 Å². The van der Waals surface area contributed by atoms with Gasteiger partial charge in [-0.2, -0.15) is 5.26 Å². The molecule has 0 bridgehead atoms. The first-order chi connectivity index (χ1) is 14.1. The normalized spacial score (nSPS) is 14.9. The van der Waals surface area contributed by atoms with Crippen LogP contribution in [0.1, 0.15) is 25.0 Å². The first-order valence-corrected chi connectivity index (χ1v) is 9.54. The molecule has 150 valence electrons. The predicted octanol–water partition coefficient (Wildman–Crippen LogP) is 3.36. The third-order valence-electron chi connectivity index (χ3n) is 4.81. The number of nitro benzene ring substituents is 1. The predicted molar refractivity (Wildman–Crippen MR) is 108 cm³/mol. The second-order valence-corrected chi connectivity index (χ2v) is 6.80. The van der Waals surface area contributed by atoms with Crippen LogP contribution in [0.5, 0.6) is 0 Å². The van der Waals surface area contributed by atoms with E-state index in [0.717, 1.165) is 19.6 Å². The summed E-state index contributed by atoms with van der Waals surface area (Å²) in [5.74, 6) is 0.111. The molecule has 1 aromatic carbocycles. The maximum absolute atomic E-state index is 12.3. The minimum absolute atomic E-state index is 0.0756. The van der Waals surface area contributed by atoms with E-state index in [2.05, 4.69) is 10.2 Å². The van der Waals surface area contributed by atoms with Gasteiger partial charge in [0.25, 0.3) is 11.6 Å². The van der Waals surface area contributed by atoms with E-state index in [-0.39, 0.29) is 17.0 Å². The Labute approximate surface area is 168 Å². The number of rotatable bonds is 7.